The summed E-state index contributed by atoms with van der Waals surface area (Å²) >= 11 is 0. The maximum Gasteiger partial charge on any atom is 0.263 e. The number of piperidine rings is 1. The van der Waals surface area contributed by atoms with Crippen LogP contribution in [0.15, 0.2) is 35.1 Å². The fourth-order valence-corrected chi connectivity index (χ4v) is 2.77. The van der Waals surface area contributed by atoms with E-state index in [4.69, 9.17) is 4.42 Å². The second-order valence-corrected chi connectivity index (χ2v) is 5.50. The molecule has 22 heavy (non-hydrogen) atoms. The molecule has 0 radical (unpaired) electrons. The molecule has 3 rings (SSSR count). The minimum Gasteiger partial charge on any atom is -0.442 e. The molecule has 0 amide bonds. The number of aromatic nitrogens is 1. The van der Waals surface area contributed by atoms with Crippen LogP contribution in [0.1, 0.15) is 29.1 Å². The van der Waals surface area contributed by atoms with E-state index >= 15 is 0 Å². The molecule has 6 heteroatoms. The van der Waals surface area contributed by atoms with Gasteiger partial charge in [0.25, 0.3) is 5.89 Å². The number of halogens is 2. The molecule has 0 unspecified atom stereocenters. The fourth-order valence-electron chi connectivity index (χ4n) is 2.77. The van der Waals surface area contributed by atoms with Gasteiger partial charge in [0.05, 0.1) is 6.20 Å². The van der Waals surface area contributed by atoms with Crippen molar-refractivity contribution in [3.8, 4) is 0 Å². The SMILES string of the molecule is O=C(c1ncco1)C1CCN(Cc2ccc(F)c(F)c2)CC1. The van der Waals surface area contributed by atoms with Crippen molar-refractivity contribution >= 4 is 5.78 Å². The van der Waals surface area contributed by atoms with Crippen molar-refractivity contribution in [2.45, 2.75) is 19.4 Å². The lowest BCUT2D eigenvalue weighted by Gasteiger charge is -2.30. The molecule has 1 aliphatic rings. The highest BCUT2D eigenvalue weighted by atomic mass is 19.2. The summed E-state index contributed by atoms with van der Waals surface area (Å²) in [5, 5.41) is 0. The second kappa shape index (κ2) is 6.36. The minimum absolute atomic E-state index is 0.0579. The highest BCUT2D eigenvalue weighted by molar-refractivity contribution is 5.93. The van der Waals surface area contributed by atoms with E-state index in [-0.39, 0.29) is 17.6 Å². The van der Waals surface area contributed by atoms with Gasteiger partial charge in [0.15, 0.2) is 11.6 Å². The van der Waals surface area contributed by atoms with Crippen molar-refractivity contribution < 1.29 is 18.0 Å². The Morgan fingerprint density at radius 3 is 2.68 bits per heavy atom. The third kappa shape index (κ3) is 3.22. The molecule has 0 N–H and O–H groups in total. The Morgan fingerprint density at radius 1 is 1.27 bits per heavy atom. The van der Waals surface area contributed by atoms with Gasteiger partial charge in [-0.05, 0) is 43.6 Å². The molecule has 0 atom stereocenters. The Labute approximate surface area is 126 Å². The maximum atomic E-state index is 13.2. The van der Waals surface area contributed by atoms with Crippen LogP contribution < -0.4 is 0 Å². The number of hydrogen-bond acceptors (Lipinski definition) is 4. The summed E-state index contributed by atoms with van der Waals surface area (Å²) in [6.07, 6.45) is 4.28. The van der Waals surface area contributed by atoms with Crippen molar-refractivity contribution in [1.29, 1.82) is 0 Å². The molecule has 1 aromatic carbocycles. The van der Waals surface area contributed by atoms with Crippen LogP contribution in [-0.2, 0) is 6.54 Å². The highest BCUT2D eigenvalue weighted by Gasteiger charge is 2.28. The summed E-state index contributed by atoms with van der Waals surface area (Å²) in [4.78, 5) is 18.2. The first kappa shape index (κ1) is 14.8. The summed E-state index contributed by atoms with van der Waals surface area (Å²) in [6.45, 7) is 2.02. The van der Waals surface area contributed by atoms with E-state index in [2.05, 4.69) is 9.88 Å². The molecule has 0 saturated carbocycles. The summed E-state index contributed by atoms with van der Waals surface area (Å²) in [7, 11) is 0. The normalized spacial score (nSPS) is 16.8. The lowest BCUT2D eigenvalue weighted by atomic mass is 9.92. The largest absolute Gasteiger partial charge is 0.442 e. The fraction of sp³-hybridized carbons (Fsp3) is 0.375. The van der Waals surface area contributed by atoms with Crippen LogP contribution in [0.25, 0.3) is 0 Å². The Bertz CT molecular complexity index is 650. The minimum atomic E-state index is -0.834. The summed E-state index contributed by atoms with van der Waals surface area (Å²) < 4.78 is 31.2. The number of hydrogen-bond donors (Lipinski definition) is 0. The van der Waals surface area contributed by atoms with Crippen LogP contribution in [0.3, 0.4) is 0 Å². The smallest absolute Gasteiger partial charge is 0.263 e. The molecule has 0 aliphatic carbocycles. The average Bonchev–Trinajstić information content (AvgIpc) is 3.05. The van der Waals surface area contributed by atoms with E-state index in [1.807, 2.05) is 0 Å². The summed E-state index contributed by atoms with van der Waals surface area (Å²) in [5.41, 5.74) is 0.733. The molecule has 4 nitrogen and oxygen atoms in total. The summed E-state index contributed by atoms with van der Waals surface area (Å²) in [5.74, 6) is -1.64. The standard InChI is InChI=1S/C16H16F2N2O2/c17-13-2-1-11(9-14(13)18)10-20-6-3-12(4-7-20)15(21)16-19-5-8-22-16/h1-2,5,8-9,12H,3-4,6-7,10H2. The quantitative estimate of drug-likeness (QED) is 0.815. The third-order valence-corrected chi connectivity index (χ3v) is 3.99. The van der Waals surface area contributed by atoms with E-state index in [0.717, 1.165) is 24.7 Å². The predicted octanol–water partition coefficient (Wildman–Crippen LogP) is 3.05. The monoisotopic (exact) mass is 306 g/mol. The molecule has 1 aliphatic heterocycles. The number of likely N-dealkylation sites (tertiary alicyclic amines) is 1. The maximum absolute atomic E-state index is 13.2. The van der Waals surface area contributed by atoms with Gasteiger partial charge in [-0.2, -0.15) is 0 Å². The van der Waals surface area contributed by atoms with Crippen LogP contribution in [0.5, 0.6) is 0 Å². The molecule has 1 fully saturated rings. The lowest BCUT2D eigenvalue weighted by Crippen LogP contribution is -2.36. The highest BCUT2D eigenvalue weighted by Crippen LogP contribution is 2.22. The first-order chi connectivity index (χ1) is 10.6. The Hall–Kier alpha value is -2.08. The molecule has 0 spiro atoms. The zero-order chi connectivity index (χ0) is 15.5. The van der Waals surface area contributed by atoms with Crippen LogP contribution in [0.2, 0.25) is 0 Å². The van der Waals surface area contributed by atoms with Crippen molar-refractivity contribution in [2.24, 2.45) is 5.92 Å². The Balaban J connectivity index is 1.55. The molecular formula is C16H16F2N2O2. The summed E-state index contributed by atoms with van der Waals surface area (Å²) in [6, 6.07) is 3.95. The van der Waals surface area contributed by atoms with Crippen LogP contribution in [0.4, 0.5) is 8.78 Å². The van der Waals surface area contributed by atoms with E-state index in [0.29, 0.717) is 19.4 Å². The van der Waals surface area contributed by atoms with E-state index < -0.39 is 11.6 Å². The van der Waals surface area contributed by atoms with E-state index in [1.54, 1.807) is 6.07 Å². The van der Waals surface area contributed by atoms with Gasteiger partial charge in [0.2, 0.25) is 5.78 Å². The van der Waals surface area contributed by atoms with Crippen molar-refractivity contribution in [3.63, 3.8) is 0 Å². The van der Waals surface area contributed by atoms with Gasteiger partial charge in [-0.1, -0.05) is 6.07 Å². The van der Waals surface area contributed by atoms with Gasteiger partial charge in [-0.25, -0.2) is 13.8 Å². The van der Waals surface area contributed by atoms with Gasteiger partial charge in [-0.3, -0.25) is 9.69 Å². The van der Waals surface area contributed by atoms with Crippen LogP contribution >= 0.6 is 0 Å². The van der Waals surface area contributed by atoms with Crippen LogP contribution in [-0.4, -0.2) is 28.8 Å². The molecule has 0 bridgehead atoms. The number of carbonyl (C=O) groups is 1. The number of ketones is 1. The van der Waals surface area contributed by atoms with Crippen LogP contribution in [0, 0.1) is 17.6 Å². The van der Waals surface area contributed by atoms with Gasteiger partial charge >= 0.3 is 0 Å². The lowest BCUT2D eigenvalue weighted by molar-refractivity contribution is 0.0799. The number of oxazole rings is 1. The van der Waals surface area contributed by atoms with Crippen molar-refractivity contribution in [2.75, 3.05) is 13.1 Å². The molecule has 2 heterocycles. The zero-order valence-corrected chi connectivity index (χ0v) is 12.0. The number of rotatable bonds is 4. The molecule has 116 valence electrons. The molecule has 2 aromatic rings. The number of benzene rings is 1. The number of nitrogens with zero attached hydrogens (tertiary/aromatic N) is 2. The Morgan fingerprint density at radius 2 is 2.05 bits per heavy atom. The predicted molar refractivity (Wildman–Crippen MR) is 75.2 cm³/mol. The first-order valence-corrected chi connectivity index (χ1v) is 7.23. The average molecular weight is 306 g/mol. The van der Waals surface area contributed by atoms with Gasteiger partial charge < -0.3 is 4.42 Å². The van der Waals surface area contributed by atoms with Gasteiger partial charge in [0, 0.05) is 12.5 Å². The second-order valence-electron chi connectivity index (χ2n) is 5.50. The van der Waals surface area contributed by atoms with Gasteiger partial charge in [0.1, 0.15) is 6.26 Å². The van der Waals surface area contributed by atoms with Gasteiger partial charge in [-0.15, -0.1) is 0 Å². The van der Waals surface area contributed by atoms with E-state index in [1.165, 1.54) is 18.5 Å². The van der Waals surface area contributed by atoms with E-state index in [9.17, 15) is 13.6 Å². The van der Waals surface area contributed by atoms with Crippen molar-refractivity contribution in [3.05, 3.63) is 53.7 Å². The molecule has 1 saturated heterocycles. The molecule has 1 aromatic heterocycles. The Kier molecular flexibility index (Phi) is 4.29. The molecular weight excluding hydrogens is 290 g/mol. The van der Waals surface area contributed by atoms with Crippen molar-refractivity contribution in [1.82, 2.24) is 9.88 Å². The zero-order valence-electron chi connectivity index (χ0n) is 12.0. The number of carbonyl (C=O) groups excluding carboxylic acids is 1. The topological polar surface area (TPSA) is 46.3 Å². The number of Topliss-reactive ketones (excluding diaryl/α,β-unsaturated/α-hetero) is 1. The first-order valence-electron chi connectivity index (χ1n) is 7.23. The third-order valence-electron chi connectivity index (χ3n) is 3.99.